The Morgan fingerprint density at radius 1 is 1.09 bits per heavy atom. The van der Waals surface area contributed by atoms with Gasteiger partial charge in [0, 0.05) is 43.0 Å². The van der Waals surface area contributed by atoms with E-state index in [1.54, 1.807) is 19.0 Å². The number of nitrogens with one attached hydrogen (secondary N) is 2. The number of carbonyl (C=O) groups excluding carboxylic acids is 4. The van der Waals surface area contributed by atoms with E-state index in [0.29, 0.717) is 11.3 Å². The minimum atomic E-state index is -2.82. The quantitative estimate of drug-likeness (QED) is 0.126. The zero-order chi connectivity index (χ0) is 34.9. The Kier molecular flexibility index (Phi) is 7.93. The Hall–Kier alpha value is -5.55. The van der Waals surface area contributed by atoms with Crippen LogP contribution in [0, 0.1) is 22.6 Å². The molecule has 47 heavy (non-hydrogen) atoms. The molecule has 0 radical (unpaired) electrons. The first-order chi connectivity index (χ1) is 21.9. The van der Waals surface area contributed by atoms with Crippen LogP contribution >= 0.6 is 0 Å². The van der Waals surface area contributed by atoms with Crippen molar-refractivity contribution in [3.63, 3.8) is 0 Å². The summed E-state index contributed by atoms with van der Waals surface area (Å²) >= 11 is 0. The van der Waals surface area contributed by atoms with Crippen molar-refractivity contribution < 1.29 is 54.1 Å². The number of benzene rings is 2. The van der Waals surface area contributed by atoms with Gasteiger partial charge in [-0.25, -0.2) is 10.0 Å². The molecule has 3 aliphatic carbocycles. The molecule has 9 N–H and O–H groups in total. The van der Waals surface area contributed by atoms with Gasteiger partial charge >= 0.3 is 11.7 Å². The lowest BCUT2D eigenvalue weighted by Gasteiger charge is -2.50. The van der Waals surface area contributed by atoms with Gasteiger partial charge in [-0.15, -0.1) is 0 Å². The van der Waals surface area contributed by atoms with E-state index in [9.17, 15) is 48.9 Å². The molecule has 2 aromatic carbocycles. The highest BCUT2D eigenvalue weighted by Crippen LogP contribution is 2.54. The molecule has 4 atom stereocenters. The number of allylic oxidation sites excluding steroid dienone is 1. The van der Waals surface area contributed by atoms with Crippen LogP contribution in [0.4, 0.5) is 31.9 Å². The van der Waals surface area contributed by atoms with E-state index < -0.39 is 86.3 Å². The third-order valence-corrected chi connectivity index (χ3v) is 8.84. The van der Waals surface area contributed by atoms with E-state index in [1.165, 1.54) is 25.1 Å². The molecule has 0 aromatic heterocycles. The minimum absolute atomic E-state index is 0.0211. The van der Waals surface area contributed by atoms with Gasteiger partial charge in [0.2, 0.25) is 11.6 Å². The fourth-order valence-electron chi connectivity index (χ4n) is 6.81. The highest BCUT2D eigenvalue weighted by molar-refractivity contribution is 6.25. The zero-order valence-electron chi connectivity index (χ0n) is 25.5. The Bertz CT molecular complexity index is 1850. The number of fused-ring (bicyclic) bond motifs is 3. The lowest BCUT2D eigenvalue weighted by Crippen LogP contribution is -2.63. The van der Waals surface area contributed by atoms with E-state index in [0.717, 1.165) is 18.2 Å². The first-order valence-electron chi connectivity index (χ1n) is 14.2. The second kappa shape index (κ2) is 11.4. The summed E-state index contributed by atoms with van der Waals surface area (Å²) in [5, 5.41) is 59.3. The number of likely N-dealkylation sites (N-methyl/N-ethyl adjacent to an activating group) is 1. The number of halogens is 1. The SMILES string of the molecule is CN(C)c1cc(NC(=O)Nc2ccc(F)c([N+](=O)O)c2)c(O)c2c1C[C@H]1C[C@H]3[C@H](N(C)C)C(O)=C(C(N)=O)C(=O)[C@@]3(O)C(O)=C1C2=O. The van der Waals surface area contributed by atoms with Crippen LogP contribution in [0.5, 0.6) is 5.75 Å². The van der Waals surface area contributed by atoms with Crippen molar-refractivity contribution in [3.05, 3.63) is 68.8 Å². The number of urea groups is 1. The predicted molar refractivity (Wildman–Crippen MR) is 162 cm³/mol. The van der Waals surface area contributed by atoms with Crippen LogP contribution in [0.1, 0.15) is 22.3 Å². The topological polar surface area (TPSA) is 246 Å². The molecule has 0 aliphatic heterocycles. The number of aromatic hydroxyl groups is 1. The van der Waals surface area contributed by atoms with Crippen LogP contribution in [0.3, 0.4) is 0 Å². The Morgan fingerprint density at radius 2 is 1.74 bits per heavy atom. The number of aliphatic hydroxyl groups excluding tert-OH is 2. The first kappa shape index (κ1) is 32.8. The van der Waals surface area contributed by atoms with E-state index in [-0.39, 0.29) is 35.4 Å². The molecule has 17 heteroatoms. The molecular weight excluding hydrogens is 623 g/mol. The van der Waals surface area contributed by atoms with Crippen LogP contribution in [-0.4, -0.2) is 98.8 Å². The molecule has 0 saturated heterocycles. The van der Waals surface area contributed by atoms with Gasteiger partial charge in [0.05, 0.1) is 22.2 Å². The third kappa shape index (κ3) is 4.99. The van der Waals surface area contributed by atoms with Gasteiger partial charge in [0.25, 0.3) is 10.8 Å². The van der Waals surface area contributed by atoms with Crippen LogP contribution in [0.15, 0.2) is 46.9 Å². The lowest BCUT2D eigenvalue weighted by molar-refractivity contribution is -0.730. The molecule has 0 spiro atoms. The van der Waals surface area contributed by atoms with Crippen molar-refractivity contribution in [1.82, 2.24) is 4.90 Å². The second-order valence-electron chi connectivity index (χ2n) is 12.0. The number of amides is 3. The van der Waals surface area contributed by atoms with Gasteiger partial charge in [-0.05, 0) is 56.6 Å². The van der Waals surface area contributed by atoms with E-state index >= 15 is 0 Å². The number of ketones is 2. The van der Waals surface area contributed by atoms with Gasteiger partial charge in [-0.3, -0.25) is 19.3 Å². The predicted octanol–water partition coefficient (Wildman–Crippen LogP) is 1.77. The van der Waals surface area contributed by atoms with Gasteiger partial charge in [-0.1, -0.05) is 0 Å². The Labute approximate surface area is 265 Å². The van der Waals surface area contributed by atoms with Crippen molar-refractivity contribution >= 4 is 46.3 Å². The summed E-state index contributed by atoms with van der Waals surface area (Å²) in [5.41, 5.74) is 0.462. The zero-order valence-corrected chi connectivity index (χ0v) is 25.5. The van der Waals surface area contributed by atoms with E-state index in [1.807, 2.05) is 0 Å². The molecule has 5 rings (SSSR count). The molecule has 3 amide bonds. The van der Waals surface area contributed by atoms with Crippen LogP contribution in [-0.2, 0) is 16.0 Å². The number of rotatable bonds is 6. The summed E-state index contributed by atoms with van der Waals surface area (Å²) in [4.78, 5) is 66.2. The molecule has 0 fully saturated rings. The van der Waals surface area contributed by atoms with Gasteiger partial charge < -0.3 is 41.7 Å². The molecule has 0 unspecified atom stereocenters. The monoisotopic (exact) mass is 655 g/mol. The van der Waals surface area contributed by atoms with E-state index in [4.69, 9.17) is 10.9 Å². The number of carbonyl (C=O) groups is 4. The maximum Gasteiger partial charge on any atom is 0.353 e. The van der Waals surface area contributed by atoms with Gasteiger partial charge in [-0.2, -0.15) is 4.39 Å². The van der Waals surface area contributed by atoms with Crippen molar-refractivity contribution in [2.45, 2.75) is 24.5 Å². The summed E-state index contributed by atoms with van der Waals surface area (Å²) in [5.74, 6) is -9.16. The Balaban J connectivity index is 1.59. The number of hydrogen-bond donors (Lipinski definition) is 8. The minimum Gasteiger partial charge on any atom is -0.510 e. The lowest BCUT2D eigenvalue weighted by atomic mass is 9.58. The Morgan fingerprint density at radius 3 is 2.32 bits per heavy atom. The van der Waals surface area contributed by atoms with Crippen molar-refractivity contribution in [1.29, 1.82) is 0 Å². The smallest absolute Gasteiger partial charge is 0.353 e. The molecule has 0 bridgehead atoms. The number of aliphatic hydroxyl groups is 3. The highest BCUT2D eigenvalue weighted by Gasteiger charge is 2.63. The molecular formula is C30H32FN6O10+. The molecule has 3 aliphatic rings. The average Bonchev–Trinajstić information content (AvgIpc) is 2.96. The van der Waals surface area contributed by atoms with Crippen molar-refractivity contribution in [3.8, 4) is 5.75 Å². The standard InChI is InChI=1S/C30H31FN6O10/c1-35(2)17-10-16(34-29(44)33-12-5-6-15(31)18(9-12)37(46)47)23(38)20-13(17)7-11-8-14-22(36(3)4)25(40)21(28(32)43)27(42)30(14,45)26(41)19(11)24(20)39/h5-6,9-11,14,22,45H,7-8H2,1-4H3,(H7-,32,33,34,38,39,40,41,42,43,44,46,47)/p+1/t11-,14-,22-,30-/m0/s1. The number of nitrogens with zero attached hydrogens (tertiary/aromatic N) is 3. The summed E-state index contributed by atoms with van der Waals surface area (Å²) < 4.78 is 13.8. The largest absolute Gasteiger partial charge is 0.510 e. The van der Waals surface area contributed by atoms with Gasteiger partial charge in [0.15, 0.2) is 17.1 Å². The fraction of sp³-hybridized carbons (Fsp3) is 0.333. The second-order valence-corrected chi connectivity index (χ2v) is 12.0. The number of phenolic OH excluding ortho intramolecular Hbond substituents is 1. The van der Waals surface area contributed by atoms with Gasteiger partial charge in [0.1, 0.15) is 17.1 Å². The number of primary amides is 1. The fourth-order valence-corrected chi connectivity index (χ4v) is 6.81. The summed E-state index contributed by atoms with van der Waals surface area (Å²) in [6, 6.07) is 2.03. The summed E-state index contributed by atoms with van der Waals surface area (Å²) in [6.07, 6.45) is -0.0800. The molecule has 0 heterocycles. The first-order valence-corrected chi connectivity index (χ1v) is 14.2. The molecule has 16 nitrogen and oxygen atoms in total. The number of phenols is 1. The van der Waals surface area contributed by atoms with Crippen molar-refractivity contribution in [2.24, 2.45) is 17.6 Å². The number of hydrogen-bond acceptors (Lipinski definition) is 11. The molecule has 2 aromatic rings. The molecule has 248 valence electrons. The van der Waals surface area contributed by atoms with Crippen LogP contribution < -0.4 is 21.3 Å². The average molecular weight is 656 g/mol. The van der Waals surface area contributed by atoms with Crippen LogP contribution in [0.2, 0.25) is 0 Å². The maximum atomic E-state index is 14.1. The summed E-state index contributed by atoms with van der Waals surface area (Å²) in [7, 11) is 6.34. The van der Waals surface area contributed by atoms with Crippen molar-refractivity contribution in [2.75, 3.05) is 43.7 Å². The number of anilines is 3. The maximum absolute atomic E-state index is 14.1. The normalized spacial score (nSPS) is 23.6. The number of nitrogens with two attached hydrogens (primary N) is 1. The third-order valence-electron chi connectivity index (χ3n) is 8.84. The molecule has 0 saturated carbocycles. The summed E-state index contributed by atoms with van der Waals surface area (Å²) in [6.45, 7) is 0. The van der Waals surface area contributed by atoms with Crippen LogP contribution in [0.25, 0.3) is 0 Å². The highest BCUT2D eigenvalue weighted by atomic mass is 19.1. The van der Waals surface area contributed by atoms with E-state index in [2.05, 4.69) is 10.6 Å². The number of Topliss-reactive ketones (excluding diaryl/α,β-unsaturated/α-hetero) is 2.